The monoisotopic (exact) mass is 550 g/mol. The van der Waals surface area contributed by atoms with Gasteiger partial charge in [-0.15, -0.1) is 0 Å². The first kappa shape index (κ1) is 29.8. The summed E-state index contributed by atoms with van der Waals surface area (Å²) in [6, 6.07) is 7.99. The van der Waals surface area contributed by atoms with E-state index in [4.69, 9.17) is 19.8 Å². The smallest absolute Gasteiger partial charge is 0.475 e. The van der Waals surface area contributed by atoms with Crippen LogP contribution < -0.4 is 4.90 Å². The number of carbonyl (C=O) groups excluding carboxylic acids is 1. The normalized spacial score (nSPS) is 13.7. The Bertz CT molecular complexity index is 1240. The molecule has 0 spiro atoms. The largest absolute Gasteiger partial charge is 0.490 e. The number of hydrogen-bond donors (Lipinski definition) is 3. The second-order valence-corrected chi connectivity index (χ2v) is 7.48. The van der Waals surface area contributed by atoms with E-state index in [1.54, 1.807) is 12.5 Å². The first-order chi connectivity index (χ1) is 17.6. The number of amides is 1. The number of imidazole rings is 1. The summed E-state index contributed by atoms with van der Waals surface area (Å²) < 4.78 is 63.5. The molecule has 1 saturated heterocycles. The Morgan fingerprint density at radius 3 is 1.87 bits per heavy atom. The molecule has 3 heterocycles. The van der Waals surface area contributed by atoms with Gasteiger partial charge in [0, 0.05) is 31.6 Å². The molecule has 1 aromatic carbocycles. The summed E-state index contributed by atoms with van der Waals surface area (Å²) in [5.41, 5.74) is 1.49. The van der Waals surface area contributed by atoms with E-state index in [1.165, 1.54) is 0 Å². The summed E-state index contributed by atoms with van der Waals surface area (Å²) in [6.45, 7) is 4.67. The molecule has 1 aliphatic heterocycles. The first-order valence-corrected chi connectivity index (χ1v) is 10.5. The Labute approximate surface area is 209 Å². The number of carboxylic acid groups (broad SMARTS) is 2. The number of piperazine rings is 1. The number of aromatic amines is 1. The Balaban J connectivity index is 0.000000301. The van der Waals surface area contributed by atoms with Crippen molar-refractivity contribution in [1.29, 1.82) is 0 Å². The molecular weight excluding hydrogens is 530 g/mol. The molecule has 11 nitrogen and oxygen atoms in total. The number of carbonyl (C=O) groups is 3. The van der Waals surface area contributed by atoms with Crippen molar-refractivity contribution in [3.63, 3.8) is 0 Å². The summed E-state index contributed by atoms with van der Waals surface area (Å²) >= 11 is 0. The lowest BCUT2D eigenvalue weighted by molar-refractivity contribution is -0.193. The van der Waals surface area contributed by atoms with Crippen LogP contribution in [-0.4, -0.2) is 91.4 Å². The van der Waals surface area contributed by atoms with Gasteiger partial charge in [-0.1, -0.05) is 12.1 Å². The number of rotatable bonds is 2. The molecule has 38 heavy (non-hydrogen) atoms. The third kappa shape index (κ3) is 8.31. The minimum Gasteiger partial charge on any atom is -0.475 e. The molecule has 3 aromatic rings. The highest BCUT2D eigenvalue weighted by molar-refractivity contribution is 5.93. The van der Waals surface area contributed by atoms with Gasteiger partial charge in [0.15, 0.2) is 0 Å². The lowest BCUT2D eigenvalue weighted by atomic mass is 10.2. The van der Waals surface area contributed by atoms with Gasteiger partial charge in [0.05, 0.1) is 11.7 Å². The molecule has 17 heteroatoms. The number of hydrogen-bond acceptors (Lipinski definition) is 7. The maximum atomic E-state index is 12.5. The lowest BCUT2D eigenvalue weighted by Gasteiger charge is -2.35. The summed E-state index contributed by atoms with van der Waals surface area (Å²) in [5.74, 6) is -3.82. The number of nitrogens with one attached hydrogen (secondary N) is 1. The van der Waals surface area contributed by atoms with Crippen molar-refractivity contribution in [2.45, 2.75) is 19.3 Å². The predicted octanol–water partition coefficient (Wildman–Crippen LogP) is 2.89. The fourth-order valence-corrected chi connectivity index (χ4v) is 3.06. The number of aryl methyl sites for hydroxylation is 1. The summed E-state index contributed by atoms with van der Waals surface area (Å²) in [7, 11) is 0. The fraction of sp³-hybridized carbons (Fsp3) is 0.333. The molecular formula is C21H20F6N6O5. The van der Waals surface area contributed by atoms with Crippen molar-refractivity contribution in [2.75, 3.05) is 31.1 Å². The summed E-state index contributed by atoms with van der Waals surface area (Å²) in [4.78, 5) is 50.2. The number of halogens is 6. The Hall–Kier alpha value is -4.44. The molecule has 0 atom stereocenters. The van der Waals surface area contributed by atoms with Gasteiger partial charge in [-0.05, 0) is 19.1 Å². The molecule has 4 rings (SSSR count). The van der Waals surface area contributed by atoms with E-state index < -0.39 is 24.3 Å². The quantitative estimate of drug-likeness (QED) is 0.409. The van der Waals surface area contributed by atoms with Crippen molar-refractivity contribution in [1.82, 2.24) is 24.8 Å². The molecule has 206 valence electrons. The van der Waals surface area contributed by atoms with Gasteiger partial charge in [-0.3, -0.25) is 4.79 Å². The van der Waals surface area contributed by atoms with E-state index in [0.717, 1.165) is 35.6 Å². The number of fused-ring (bicyclic) bond motifs is 1. The molecule has 0 bridgehead atoms. The van der Waals surface area contributed by atoms with Crippen molar-refractivity contribution in [3.05, 3.63) is 48.3 Å². The van der Waals surface area contributed by atoms with Crippen molar-refractivity contribution in [2.24, 2.45) is 0 Å². The van der Waals surface area contributed by atoms with Gasteiger partial charge < -0.3 is 25.0 Å². The molecule has 0 unspecified atom stereocenters. The standard InChI is InChI=1S/C17H18N6O.2C2HF3O2/c1-12-18-10-15(21-12)17(24)23-8-6-22(7-9-23)16-13-4-2-3-5-14(13)19-11-20-16;2*3-2(4,5)1(6)7/h2-5,10-11H,6-9H2,1H3,(H,18,21);2*(H,6,7). The van der Waals surface area contributed by atoms with Gasteiger partial charge in [0.25, 0.3) is 5.91 Å². The number of anilines is 1. The molecule has 1 amide bonds. The minimum absolute atomic E-state index is 0.00259. The van der Waals surface area contributed by atoms with Gasteiger partial charge in [0.2, 0.25) is 0 Å². The van der Waals surface area contributed by atoms with E-state index in [0.29, 0.717) is 18.8 Å². The van der Waals surface area contributed by atoms with E-state index in [-0.39, 0.29) is 5.91 Å². The molecule has 2 aromatic heterocycles. The van der Waals surface area contributed by atoms with E-state index in [9.17, 15) is 31.1 Å². The molecule has 0 aliphatic carbocycles. The zero-order valence-corrected chi connectivity index (χ0v) is 19.4. The second-order valence-electron chi connectivity index (χ2n) is 7.48. The van der Waals surface area contributed by atoms with Gasteiger partial charge in [-0.2, -0.15) is 26.3 Å². The van der Waals surface area contributed by atoms with Crippen LogP contribution in [0, 0.1) is 6.92 Å². The zero-order chi connectivity index (χ0) is 28.7. The van der Waals surface area contributed by atoms with Gasteiger partial charge in [0.1, 0.15) is 23.7 Å². The van der Waals surface area contributed by atoms with Crippen LogP contribution in [0.1, 0.15) is 16.3 Å². The highest BCUT2D eigenvalue weighted by Gasteiger charge is 2.38. The SMILES string of the molecule is Cc1ncc(C(=O)N2CCN(c3ncnc4ccccc34)CC2)[nH]1.O=C(O)C(F)(F)F.O=C(O)C(F)(F)F. The lowest BCUT2D eigenvalue weighted by Crippen LogP contribution is -2.49. The zero-order valence-electron chi connectivity index (χ0n) is 19.4. The van der Waals surface area contributed by atoms with E-state index in [2.05, 4.69) is 24.8 Å². The number of aliphatic carboxylic acids is 2. The number of H-pyrrole nitrogens is 1. The summed E-state index contributed by atoms with van der Waals surface area (Å²) in [6.07, 6.45) is -6.97. The van der Waals surface area contributed by atoms with Crippen LogP contribution in [0.15, 0.2) is 36.8 Å². The van der Waals surface area contributed by atoms with Crippen LogP contribution in [0.25, 0.3) is 10.9 Å². The highest BCUT2D eigenvalue weighted by Crippen LogP contribution is 2.23. The van der Waals surface area contributed by atoms with Crippen LogP contribution in [0.5, 0.6) is 0 Å². The minimum atomic E-state index is -5.08. The number of nitrogens with zero attached hydrogens (tertiary/aromatic N) is 5. The predicted molar refractivity (Wildman–Crippen MR) is 118 cm³/mol. The third-order valence-corrected chi connectivity index (χ3v) is 4.81. The maximum absolute atomic E-state index is 12.5. The van der Waals surface area contributed by atoms with Crippen LogP contribution >= 0.6 is 0 Å². The van der Waals surface area contributed by atoms with E-state index >= 15 is 0 Å². The maximum Gasteiger partial charge on any atom is 0.490 e. The fourth-order valence-electron chi connectivity index (χ4n) is 3.06. The average Bonchev–Trinajstić information content (AvgIpc) is 3.29. The van der Waals surface area contributed by atoms with Crippen molar-refractivity contribution < 1.29 is 50.9 Å². The third-order valence-electron chi connectivity index (χ3n) is 4.81. The van der Waals surface area contributed by atoms with Gasteiger partial charge >= 0.3 is 24.3 Å². The highest BCUT2D eigenvalue weighted by atomic mass is 19.4. The number of benzene rings is 1. The summed E-state index contributed by atoms with van der Waals surface area (Å²) in [5, 5.41) is 15.3. The molecule has 3 N–H and O–H groups in total. The van der Waals surface area contributed by atoms with Crippen LogP contribution in [0.2, 0.25) is 0 Å². The number of alkyl halides is 6. The molecule has 1 fully saturated rings. The van der Waals surface area contributed by atoms with Crippen molar-refractivity contribution in [3.8, 4) is 0 Å². The molecule has 1 aliphatic rings. The van der Waals surface area contributed by atoms with Crippen molar-refractivity contribution >= 4 is 34.6 Å². The molecule has 0 radical (unpaired) electrons. The molecule has 0 saturated carbocycles. The average molecular weight is 550 g/mol. The Kier molecular flexibility index (Phi) is 9.56. The Morgan fingerprint density at radius 1 is 0.868 bits per heavy atom. The Morgan fingerprint density at radius 2 is 1.39 bits per heavy atom. The van der Waals surface area contributed by atoms with Crippen LogP contribution in [0.3, 0.4) is 0 Å². The second kappa shape index (κ2) is 12.2. The van der Waals surface area contributed by atoms with Crippen LogP contribution in [-0.2, 0) is 9.59 Å². The topological polar surface area (TPSA) is 153 Å². The number of aromatic nitrogens is 4. The van der Waals surface area contributed by atoms with Gasteiger partial charge in [-0.25, -0.2) is 24.5 Å². The van der Waals surface area contributed by atoms with E-state index in [1.807, 2.05) is 36.1 Å². The van der Waals surface area contributed by atoms with Crippen LogP contribution in [0.4, 0.5) is 32.2 Å². The number of para-hydroxylation sites is 1. The number of carboxylic acids is 2. The first-order valence-electron chi connectivity index (χ1n) is 10.5.